The van der Waals surface area contributed by atoms with Gasteiger partial charge in [0, 0.05) is 12.3 Å². The molecule has 0 aliphatic rings. The number of nitrogens with one attached hydrogen (secondary N) is 1. The SMILES string of the molecule is Cc1cc(CNC(=O)c2ncccc2O)on1. The van der Waals surface area contributed by atoms with Gasteiger partial charge in [0.1, 0.15) is 5.75 Å². The van der Waals surface area contributed by atoms with E-state index in [1.54, 1.807) is 19.1 Å². The van der Waals surface area contributed by atoms with Crippen LogP contribution in [-0.2, 0) is 6.54 Å². The maximum absolute atomic E-state index is 11.6. The second-order valence-corrected chi connectivity index (χ2v) is 3.49. The number of hydrogen-bond donors (Lipinski definition) is 2. The van der Waals surface area contributed by atoms with E-state index >= 15 is 0 Å². The first-order chi connectivity index (χ1) is 8.16. The number of pyridine rings is 1. The van der Waals surface area contributed by atoms with E-state index in [-0.39, 0.29) is 18.0 Å². The number of carbonyl (C=O) groups excluding carboxylic acids is 1. The van der Waals surface area contributed by atoms with Crippen LogP contribution in [0.15, 0.2) is 28.9 Å². The first kappa shape index (κ1) is 11.1. The van der Waals surface area contributed by atoms with Gasteiger partial charge in [0.25, 0.3) is 5.91 Å². The Hall–Kier alpha value is -2.37. The topological polar surface area (TPSA) is 88.2 Å². The summed E-state index contributed by atoms with van der Waals surface area (Å²) in [4.78, 5) is 15.4. The van der Waals surface area contributed by atoms with E-state index in [2.05, 4.69) is 15.5 Å². The van der Waals surface area contributed by atoms with Crippen LogP contribution in [0.4, 0.5) is 0 Å². The molecule has 17 heavy (non-hydrogen) atoms. The summed E-state index contributed by atoms with van der Waals surface area (Å²) in [5.41, 5.74) is 0.735. The smallest absolute Gasteiger partial charge is 0.274 e. The molecule has 88 valence electrons. The van der Waals surface area contributed by atoms with Crippen molar-refractivity contribution >= 4 is 5.91 Å². The standard InChI is InChI=1S/C11H11N3O3/c1-7-5-8(17-14-7)6-13-11(16)10-9(15)3-2-4-12-10/h2-5,15H,6H2,1H3,(H,13,16). The summed E-state index contributed by atoms with van der Waals surface area (Å²) >= 11 is 0. The Morgan fingerprint density at radius 2 is 2.41 bits per heavy atom. The minimum atomic E-state index is -0.461. The predicted molar refractivity (Wildman–Crippen MR) is 58.3 cm³/mol. The van der Waals surface area contributed by atoms with Crippen LogP contribution in [0, 0.1) is 6.92 Å². The summed E-state index contributed by atoms with van der Waals surface area (Å²) in [6.45, 7) is 2.00. The summed E-state index contributed by atoms with van der Waals surface area (Å²) in [5, 5.41) is 15.7. The largest absolute Gasteiger partial charge is 0.505 e. The zero-order chi connectivity index (χ0) is 12.3. The fraction of sp³-hybridized carbons (Fsp3) is 0.182. The summed E-state index contributed by atoms with van der Waals surface area (Å²) in [5.74, 6) is -0.0674. The minimum absolute atomic E-state index is 0.0104. The molecule has 0 bridgehead atoms. The molecule has 1 amide bonds. The van der Waals surface area contributed by atoms with Gasteiger partial charge in [-0.1, -0.05) is 5.16 Å². The van der Waals surface area contributed by atoms with Crippen LogP contribution in [0.25, 0.3) is 0 Å². The fourth-order valence-electron chi connectivity index (χ4n) is 1.32. The zero-order valence-electron chi connectivity index (χ0n) is 9.17. The molecular formula is C11H11N3O3. The highest BCUT2D eigenvalue weighted by Gasteiger charge is 2.12. The Bertz CT molecular complexity index is 536. The molecule has 6 nitrogen and oxygen atoms in total. The second kappa shape index (κ2) is 4.65. The van der Waals surface area contributed by atoms with Gasteiger partial charge in [-0.15, -0.1) is 0 Å². The van der Waals surface area contributed by atoms with Gasteiger partial charge in [0.2, 0.25) is 0 Å². The normalized spacial score (nSPS) is 10.2. The molecule has 6 heteroatoms. The lowest BCUT2D eigenvalue weighted by molar-refractivity contribution is 0.0939. The van der Waals surface area contributed by atoms with Gasteiger partial charge < -0.3 is 14.9 Å². The molecule has 2 N–H and O–H groups in total. The van der Waals surface area contributed by atoms with E-state index in [0.29, 0.717) is 5.76 Å². The molecule has 0 atom stereocenters. The van der Waals surface area contributed by atoms with Crippen LogP contribution in [0.2, 0.25) is 0 Å². The zero-order valence-corrected chi connectivity index (χ0v) is 9.17. The Balaban J connectivity index is 2.01. The second-order valence-electron chi connectivity index (χ2n) is 3.49. The van der Waals surface area contributed by atoms with Crippen molar-refractivity contribution in [3.05, 3.63) is 41.5 Å². The van der Waals surface area contributed by atoms with Gasteiger partial charge in [0.05, 0.1) is 12.2 Å². The minimum Gasteiger partial charge on any atom is -0.505 e. The maximum Gasteiger partial charge on any atom is 0.274 e. The van der Waals surface area contributed by atoms with E-state index in [4.69, 9.17) is 4.52 Å². The van der Waals surface area contributed by atoms with Gasteiger partial charge in [-0.2, -0.15) is 0 Å². The third-order valence-corrected chi connectivity index (χ3v) is 2.10. The van der Waals surface area contributed by atoms with Crippen molar-refractivity contribution in [3.8, 4) is 5.75 Å². The highest BCUT2D eigenvalue weighted by molar-refractivity contribution is 5.94. The van der Waals surface area contributed by atoms with Crippen LogP contribution in [-0.4, -0.2) is 21.2 Å². The van der Waals surface area contributed by atoms with Crippen molar-refractivity contribution in [3.63, 3.8) is 0 Å². The predicted octanol–water partition coefficient (Wildman–Crippen LogP) is 1.01. The molecule has 0 radical (unpaired) electrons. The number of aryl methyl sites for hydroxylation is 1. The quantitative estimate of drug-likeness (QED) is 0.826. The Morgan fingerprint density at radius 1 is 1.59 bits per heavy atom. The first-order valence-corrected chi connectivity index (χ1v) is 5.01. The van der Waals surface area contributed by atoms with Crippen molar-refractivity contribution in [2.24, 2.45) is 0 Å². The van der Waals surface area contributed by atoms with Crippen molar-refractivity contribution in [2.45, 2.75) is 13.5 Å². The van der Waals surface area contributed by atoms with Crippen LogP contribution in [0.1, 0.15) is 21.9 Å². The highest BCUT2D eigenvalue weighted by atomic mass is 16.5. The van der Waals surface area contributed by atoms with Crippen LogP contribution in [0.5, 0.6) is 5.75 Å². The van der Waals surface area contributed by atoms with Crippen LogP contribution < -0.4 is 5.32 Å². The summed E-state index contributed by atoms with van der Waals surface area (Å²) < 4.78 is 4.93. The van der Waals surface area contributed by atoms with E-state index in [1.165, 1.54) is 12.3 Å². The van der Waals surface area contributed by atoms with E-state index < -0.39 is 5.91 Å². The first-order valence-electron chi connectivity index (χ1n) is 5.01. The average Bonchev–Trinajstić information content (AvgIpc) is 2.73. The maximum atomic E-state index is 11.6. The Kier molecular flexibility index (Phi) is 3.04. The number of aromatic nitrogens is 2. The lowest BCUT2D eigenvalue weighted by atomic mass is 10.3. The van der Waals surface area contributed by atoms with Crippen molar-refractivity contribution < 1.29 is 14.4 Å². The third-order valence-electron chi connectivity index (χ3n) is 2.10. The van der Waals surface area contributed by atoms with Gasteiger partial charge in [-0.05, 0) is 19.1 Å². The molecule has 0 aromatic carbocycles. The van der Waals surface area contributed by atoms with Crippen molar-refractivity contribution in [1.82, 2.24) is 15.5 Å². The number of carbonyl (C=O) groups is 1. The molecule has 0 spiro atoms. The van der Waals surface area contributed by atoms with Gasteiger partial charge in [-0.25, -0.2) is 4.98 Å². The molecule has 0 aliphatic heterocycles. The lowest BCUT2D eigenvalue weighted by Crippen LogP contribution is -2.23. The van der Waals surface area contributed by atoms with Crippen molar-refractivity contribution in [2.75, 3.05) is 0 Å². The van der Waals surface area contributed by atoms with E-state index in [1.807, 2.05) is 0 Å². The molecule has 2 aromatic heterocycles. The molecule has 2 aromatic rings. The number of amides is 1. The van der Waals surface area contributed by atoms with Crippen molar-refractivity contribution in [1.29, 1.82) is 0 Å². The van der Waals surface area contributed by atoms with Crippen LogP contribution in [0.3, 0.4) is 0 Å². The lowest BCUT2D eigenvalue weighted by Gasteiger charge is -2.03. The Morgan fingerprint density at radius 3 is 3.06 bits per heavy atom. The van der Waals surface area contributed by atoms with Gasteiger partial charge in [0.15, 0.2) is 11.5 Å². The monoisotopic (exact) mass is 233 g/mol. The molecule has 0 saturated heterocycles. The number of hydrogen-bond acceptors (Lipinski definition) is 5. The summed E-state index contributed by atoms with van der Waals surface area (Å²) in [6.07, 6.45) is 1.44. The molecule has 0 unspecified atom stereocenters. The number of aromatic hydroxyl groups is 1. The van der Waals surface area contributed by atoms with E-state index in [0.717, 1.165) is 5.69 Å². The number of nitrogens with zero attached hydrogens (tertiary/aromatic N) is 2. The van der Waals surface area contributed by atoms with Gasteiger partial charge in [-0.3, -0.25) is 4.79 Å². The summed E-state index contributed by atoms with van der Waals surface area (Å²) in [7, 11) is 0. The third kappa shape index (κ3) is 2.60. The van der Waals surface area contributed by atoms with E-state index in [9.17, 15) is 9.90 Å². The fourth-order valence-corrected chi connectivity index (χ4v) is 1.32. The average molecular weight is 233 g/mol. The Labute approximate surface area is 97.3 Å². The molecular weight excluding hydrogens is 222 g/mol. The highest BCUT2D eigenvalue weighted by Crippen LogP contribution is 2.12. The number of rotatable bonds is 3. The van der Waals surface area contributed by atoms with Crippen LogP contribution >= 0.6 is 0 Å². The van der Waals surface area contributed by atoms with Gasteiger partial charge >= 0.3 is 0 Å². The molecule has 0 saturated carbocycles. The molecule has 0 fully saturated rings. The molecule has 0 aliphatic carbocycles. The molecule has 2 rings (SSSR count). The molecule has 2 heterocycles. The summed E-state index contributed by atoms with van der Waals surface area (Å²) in [6, 6.07) is 4.67.